The van der Waals surface area contributed by atoms with Gasteiger partial charge in [-0.05, 0) is 43.4 Å². The van der Waals surface area contributed by atoms with E-state index in [1.54, 1.807) is 26.0 Å². The van der Waals surface area contributed by atoms with Gasteiger partial charge in [0.05, 0.1) is 29.6 Å². The van der Waals surface area contributed by atoms with Crippen molar-refractivity contribution in [3.8, 4) is 0 Å². The average Bonchev–Trinajstić information content (AvgIpc) is 3.45. The number of aldehydes is 1. The van der Waals surface area contributed by atoms with Crippen LogP contribution in [0.5, 0.6) is 0 Å². The molecule has 3 unspecified atom stereocenters. The molecule has 0 bridgehead atoms. The van der Waals surface area contributed by atoms with Gasteiger partial charge in [0.1, 0.15) is 18.4 Å². The fourth-order valence-corrected chi connectivity index (χ4v) is 4.79. The third kappa shape index (κ3) is 8.00. The molecule has 0 saturated carbocycles. The van der Waals surface area contributed by atoms with Gasteiger partial charge in [-0.3, -0.25) is 24.0 Å². The number of nitrogens with zero attached hydrogens (tertiary/aromatic N) is 1. The van der Waals surface area contributed by atoms with Crippen molar-refractivity contribution in [2.24, 2.45) is 5.92 Å². The number of nitrogens with one attached hydrogen (secondary N) is 3. The molecule has 0 aromatic heterocycles. The predicted octanol–water partition coefficient (Wildman–Crippen LogP) is 2.08. The molecule has 0 radical (unpaired) electrons. The highest BCUT2D eigenvalue weighted by Gasteiger charge is 2.39. The number of carbonyl (C=O) groups excluding carboxylic acids is 5. The van der Waals surface area contributed by atoms with Crippen molar-refractivity contribution in [2.75, 3.05) is 6.54 Å². The molecule has 3 rings (SSSR count). The van der Waals surface area contributed by atoms with Crippen LogP contribution in [0.15, 0.2) is 54.6 Å². The first-order chi connectivity index (χ1) is 19.5. The summed E-state index contributed by atoms with van der Waals surface area (Å²) >= 11 is 0. The number of carbonyl (C=O) groups is 6. The van der Waals surface area contributed by atoms with Gasteiger partial charge in [0.25, 0.3) is 11.8 Å². The fraction of sp³-hybridized carbons (Fsp3) is 0.400. The lowest BCUT2D eigenvalue weighted by Gasteiger charge is -2.31. The third-order valence-electron chi connectivity index (χ3n) is 7.01. The number of hydrogen-bond acceptors (Lipinski definition) is 6. The Balaban J connectivity index is 1.75. The summed E-state index contributed by atoms with van der Waals surface area (Å²) in [4.78, 5) is 76.6. The van der Waals surface area contributed by atoms with Gasteiger partial charge in [0.2, 0.25) is 11.8 Å². The fourth-order valence-electron chi connectivity index (χ4n) is 4.79. The second-order valence-electron chi connectivity index (χ2n) is 10.4. The largest absolute Gasteiger partial charge is 0.481 e. The lowest BCUT2D eigenvalue weighted by atomic mass is 10.00. The second-order valence-corrected chi connectivity index (χ2v) is 10.4. The van der Waals surface area contributed by atoms with E-state index in [2.05, 4.69) is 16.0 Å². The minimum atomic E-state index is -1.24. The molecule has 4 amide bonds. The first-order valence-corrected chi connectivity index (χ1v) is 13.6. The zero-order valence-corrected chi connectivity index (χ0v) is 23.3. The Morgan fingerprint density at radius 1 is 0.902 bits per heavy atom. The zero-order valence-electron chi connectivity index (χ0n) is 23.3. The summed E-state index contributed by atoms with van der Waals surface area (Å²) < 4.78 is 0. The number of carboxylic acids is 1. The molecule has 2 aromatic carbocycles. The Bertz CT molecular complexity index is 1280. The Morgan fingerprint density at radius 3 is 2.05 bits per heavy atom. The van der Waals surface area contributed by atoms with Crippen LogP contribution in [-0.4, -0.2) is 70.6 Å². The molecule has 11 heteroatoms. The molecular formula is C30H36N4O7. The number of carboxylic acid groups (broad SMARTS) is 1. The van der Waals surface area contributed by atoms with Crippen LogP contribution in [0.2, 0.25) is 0 Å². The summed E-state index contributed by atoms with van der Waals surface area (Å²) in [5, 5.41) is 17.0. The number of hydrogen-bond donors (Lipinski definition) is 4. The normalized spacial score (nSPS) is 16.8. The van der Waals surface area contributed by atoms with Crippen molar-refractivity contribution >= 4 is 35.9 Å². The Kier molecular flexibility index (Phi) is 10.7. The molecule has 218 valence electrons. The minimum Gasteiger partial charge on any atom is -0.481 e. The number of aliphatic carboxylic acids is 1. The summed E-state index contributed by atoms with van der Waals surface area (Å²) in [6, 6.07) is 12.3. The van der Waals surface area contributed by atoms with Gasteiger partial charge in [-0.25, -0.2) is 0 Å². The van der Waals surface area contributed by atoms with E-state index >= 15 is 0 Å². The van der Waals surface area contributed by atoms with Crippen molar-refractivity contribution in [1.29, 1.82) is 0 Å². The molecule has 1 heterocycles. The maximum absolute atomic E-state index is 13.6. The molecule has 0 spiro atoms. The maximum Gasteiger partial charge on any atom is 0.305 e. The van der Waals surface area contributed by atoms with Crippen molar-refractivity contribution in [3.63, 3.8) is 0 Å². The molecule has 41 heavy (non-hydrogen) atoms. The van der Waals surface area contributed by atoms with Gasteiger partial charge in [0.15, 0.2) is 0 Å². The van der Waals surface area contributed by atoms with Gasteiger partial charge in [0, 0.05) is 6.54 Å². The van der Waals surface area contributed by atoms with Crippen LogP contribution in [0.1, 0.15) is 72.4 Å². The van der Waals surface area contributed by atoms with Gasteiger partial charge in [-0.1, -0.05) is 56.3 Å². The van der Waals surface area contributed by atoms with E-state index < -0.39 is 54.1 Å². The summed E-state index contributed by atoms with van der Waals surface area (Å²) in [5.41, 5.74) is 1.15. The summed E-state index contributed by atoms with van der Waals surface area (Å²) in [7, 11) is 0. The Hall–Kier alpha value is -4.54. The van der Waals surface area contributed by atoms with Crippen LogP contribution in [0, 0.1) is 5.92 Å². The average molecular weight is 565 g/mol. The van der Waals surface area contributed by atoms with Crippen LogP contribution in [0.4, 0.5) is 0 Å². The molecule has 1 fully saturated rings. The Morgan fingerprint density at radius 2 is 1.49 bits per heavy atom. The highest BCUT2D eigenvalue weighted by atomic mass is 16.4. The Labute approximate surface area is 238 Å². The van der Waals surface area contributed by atoms with Crippen molar-refractivity contribution in [2.45, 2.75) is 64.2 Å². The topological polar surface area (TPSA) is 162 Å². The standard InChI is InChI=1S/C30H36N4O7/c1-18(2)26(30(41)34-15-9-14-24(34)29(40)32-21(17-35)16-25(36)37)33-28(39)23-13-8-7-12-22(23)27(38)31-19(3)20-10-5-4-6-11-20/h4-8,10-13,17-19,21,24,26H,9,14-16H2,1-3H3,(H,31,38)(H,32,40)(H,33,39)(H,36,37)/t19-,21?,24?,26?/m0/s1. The monoisotopic (exact) mass is 564 g/mol. The molecule has 1 aliphatic rings. The van der Waals surface area contributed by atoms with Crippen molar-refractivity contribution in [1.82, 2.24) is 20.9 Å². The lowest BCUT2D eigenvalue weighted by Crippen LogP contribution is -2.56. The van der Waals surface area contributed by atoms with Gasteiger partial charge < -0.3 is 30.8 Å². The number of likely N-dealkylation sites (tertiary alicyclic amines) is 1. The van der Waals surface area contributed by atoms with E-state index in [9.17, 15) is 28.8 Å². The van der Waals surface area contributed by atoms with Crippen LogP contribution < -0.4 is 16.0 Å². The van der Waals surface area contributed by atoms with E-state index in [-0.39, 0.29) is 29.6 Å². The van der Waals surface area contributed by atoms with Crippen LogP contribution >= 0.6 is 0 Å². The first-order valence-electron chi connectivity index (χ1n) is 13.6. The van der Waals surface area contributed by atoms with Crippen molar-refractivity contribution in [3.05, 3.63) is 71.3 Å². The van der Waals surface area contributed by atoms with Gasteiger partial charge in [-0.2, -0.15) is 0 Å². The minimum absolute atomic E-state index is 0.0990. The summed E-state index contributed by atoms with van der Waals surface area (Å²) in [6.45, 7) is 5.61. The smallest absolute Gasteiger partial charge is 0.305 e. The van der Waals surface area contributed by atoms with E-state index in [0.29, 0.717) is 19.1 Å². The van der Waals surface area contributed by atoms with Gasteiger partial charge >= 0.3 is 5.97 Å². The molecule has 1 aliphatic heterocycles. The van der Waals surface area contributed by atoms with E-state index in [1.165, 1.54) is 17.0 Å². The predicted molar refractivity (Wildman–Crippen MR) is 150 cm³/mol. The van der Waals surface area contributed by atoms with E-state index in [0.717, 1.165) is 5.56 Å². The number of benzene rings is 2. The number of amides is 4. The SMILES string of the molecule is CC(C)C(NC(=O)c1ccccc1C(=O)N[C@@H](C)c1ccccc1)C(=O)N1CCCC1C(=O)NC(C=O)CC(=O)O. The first kappa shape index (κ1) is 31.0. The van der Waals surface area contributed by atoms with Crippen LogP contribution in [-0.2, 0) is 19.2 Å². The lowest BCUT2D eigenvalue weighted by molar-refractivity contribution is -0.142. The number of rotatable bonds is 12. The molecule has 0 aliphatic carbocycles. The van der Waals surface area contributed by atoms with Gasteiger partial charge in [-0.15, -0.1) is 0 Å². The van der Waals surface area contributed by atoms with E-state index in [1.807, 2.05) is 37.3 Å². The molecule has 1 saturated heterocycles. The summed E-state index contributed by atoms with van der Waals surface area (Å²) in [6.07, 6.45) is 0.629. The third-order valence-corrected chi connectivity index (χ3v) is 7.01. The molecule has 2 aromatic rings. The van der Waals surface area contributed by atoms with Crippen molar-refractivity contribution < 1.29 is 33.9 Å². The molecule has 11 nitrogen and oxygen atoms in total. The zero-order chi connectivity index (χ0) is 30.1. The van der Waals surface area contributed by atoms with Crippen LogP contribution in [0.25, 0.3) is 0 Å². The summed E-state index contributed by atoms with van der Waals surface area (Å²) in [5.74, 6) is -3.76. The molecule has 4 N–H and O–H groups in total. The van der Waals surface area contributed by atoms with Crippen LogP contribution in [0.3, 0.4) is 0 Å². The molecular weight excluding hydrogens is 528 g/mol. The molecule has 4 atom stereocenters. The van der Waals surface area contributed by atoms with E-state index in [4.69, 9.17) is 5.11 Å². The highest BCUT2D eigenvalue weighted by molar-refractivity contribution is 6.08. The second kappa shape index (κ2) is 14.2. The maximum atomic E-state index is 13.6. The quantitative estimate of drug-likeness (QED) is 0.287. The highest BCUT2D eigenvalue weighted by Crippen LogP contribution is 2.22.